The number of terminal acetylenes is 1. The lowest BCUT2D eigenvalue weighted by Gasteiger charge is -2.18. The second kappa shape index (κ2) is 7.47. The lowest BCUT2D eigenvalue weighted by molar-refractivity contribution is 0.497. The SMILES string of the molecule is C#CCCCC(NCC)c1ccc(Br)c(F)c1. The minimum Gasteiger partial charge on any atom is -0.310 e. The van der Waals surface area contributed by atoms with E-state index in [4.69, 9.17) is 6.42 Å². The Morgan fingerprint density at radius 3 is 2.88 bits per heavy atom. The normalized spacial score (nSPS) is 12.1. The fraction of sp³-hybridized carbons (Fsp3) is 0.429. The van der Waals surface area contributed by atoms with Gasteiger partial charge in [-0.2, -0.15) is 0 Å². The van der Waals surface area contributed by atoms with Gasteiger partial charge in [-0.15, -0.1) is 12.3 Å². The smallest absolute Gasteiger partial charge is 0.137 e. The van der Waals surface area contributed by atoms with Gasteiger partial charge in [-0.1, -0.05) is 13.0 Å². The molecule has 0 amide bonds. The van der Waals surface area contributed by atoms with E-state index in [9.17, 15) is 4.39 Å². The van der Waals surface area contributed by atoms with Gasteiger partial charge in [0, 0.05) is 12.5 Å². The average molecular weight is 298 g/mol. The van der Waals surface area contributed by atoms with Crippen molar-refractivity contribution in [1.82, 2.24) is 5.32 Å². The van der Waals surface area contributed by atoms with Crippen molar-refractivity contribution in [2.45, 2.75) is 32.2 Å². The van der Waals surface area contributed by atoms with Crippen LogP contribution < -0.4 is 5.32 Å². The molecule has 0 aliphatic carbocycles. The third kappa shape index (κ3) is 4.49. The summed E-state index contributed by atoms with van der Waals surface area (Å²) in [4.78, 5) is 0. The lowest BCUT2D eigenvalue weighted by Crippen LogP contribution is -2.21. The molecule has 1 aromatic carbocycles. The molecule has 3 heteroatoms. The maximum Gasteiger partial charge on any atom is 0.137 e. The molecule has 1 unspecified atom stereocenters. The highest BCUT2D eigenvalue weighted by Crippen LogP contribution is 2.23. The van der Waals surface area contributed by atoms with E-state index >= 15 is 0 Å². The van der Waals surface area contributed by atoms with E-state index in [1.165, 1.54) is 0 Å². The van der Waals surface area contributed by atoms with Gasteiger partial charge in [0.15, 0.2) is 0 Å². The van der Waals surface area contributed by atoms with Gasteiger partial charge >= 0.3 is 0 Å². The molecule has 1 nitrogen and oxygen atoms in total. The molecule has 1 rings (SSSR count). The van der Waals surface area contributed by atoms with Crippen molar-refractivity contribution >= 4 is 15.9 Å². The summed E-state index contributed by atoms with van der Waals surface area (Å²) in [6.45, 7) is 2.90. The largest absolute Gasteiger partial charge is 0.310 e. The van der Waals surface area contributed by atoms with Crippen molar-refractivity contribution in [3.05, 3.63) is 34.1 Å². The van der Waals surface area contributed by atoms with E-state index in [0.717, 1.165) is 31.4 Å². The van der Waals surface area contributed by atoms with Gasteiger partial charge in [0.2, 0.25) is 0 Å². The van der Waals surface area contributed by atoms with E-state index in [1.807, 2.05) is 13.0 Å². The summed E-state index contributed by atoms with van der Waals surface area (Å²) in [5.41, 5.74) is 0.976. The third-order valence-electron chi connectivity index (χ3n) is 2.61. The van der Waals surface area contributed by atoms with Crippen LogP contribution in [0.2, 0.25) is 0 Å². The first-order valence-electron chi connectivity index (χ1n) is 5.80. The maximum absolute atomic E-state index is 13.5. The van der Waals surface area contributed by atoms with E-state index in [-0.39, 0.29) is 11.9 Å². The minimum atomic E-state index is -0.220. The van der Waals surface area contributed by atoms with Crippen LogP contribution in [0.1, 0.15) is 37.8 Å². The Morgan fingerprint density at radius 2 is 2.29 bits per heavy atom. The third-order valence-corrected chi connectivity index (χ3v) is 3.25. The zero-order valence-corrected chi connectivity index (χ0v) is 11.6. The number of nitrogens with one attached hydrogen (secondary N) is 1. The Bertz CT molecular complexity index is 398. The summed E-state index contributed by atoms with van der Waals surface area (Å²) < 4.78 is 14.0. The summed E-state index contributed by atoms with van der Waals surface area (Å²) in [5, 5.41) is 3.35. The number of halogens is 2. The Hall–Kier alpha value is -0.850. The molecule has 0 heterocycles. The molecule has 0 aliphatic heterocycles. The van der Waals surface area contributed by atoms with Crippen molar-refractivity contribution in [2.24, 2.45) is 0 Å². The summed E-state index contributed by atoms with van der Waals surface area (Å²) in [5.74, 6) is 2.41. The Labute approximate surface area is 111 Å². The molecule has 0 fully saturated rings. The molecule has 1 aromatic rings. The highest BCUT2D eigenvalue weighted by molar-refractivity contribution is 9.10. The Kier molecular flexibility index (Phi) is 6.25. The molecule has 92 valence electrons. The molecule has 17 heavy (non-hydrogen) atoms. The zero-order valence-electron chi connectivity index (χ0n) is 9.97. The number of hydrogen-bond donors (Lipinski definition) is 1. The van der Waals surface area contributed by atoms with Crippen LogP contribution in [-0.2, 0) is 0 Å². The van der Waals surface area contributed by atoms with Gasteiger partial charge < -0.3 is 5.32 Å². The predicted molar refractivity (Wildman–Crippen MR) is 73.2 cm³/mol. The number of unbranched alkanes of at least 4 members (excludes halogenated alkanes) is 1. The van der Waals surface area contributed by atoms with Crippen LogP contribution in [0, 0.1) is 18.2 Å². The molecule has 0 saturated carbocycles. The molecular weight excluding hydrogens is 281 g/mol. The predicted octanol–water partition coefficient (Wildman–Crippen LogP) is 4.04. The first-order valence-corrected chi connectivity index (χ1v) is 6.60. The van der Waals surface area contributed by atoms with E-state index < -0.39 is 0 Å². The van der Waals surface area contributed by atoms with Crippen LogP contribution in [0.15, 0.2) is 22.7 Å². The van der Waals surface area contributed by atoms with Crippen molar-refractivity contribution < 1.29 is 4.39 Å². The summed E-state index contributed by atoms with van der Waals surface area (Å²) >= 11 is 3.16. The van der Waals surface area contributed by atoms with Crippen molar-refractivity contribution in [2.75, 3.05) is 6.54 Å². The van der Waals surface area contributed by atoms with Gasteiger partial charge in [-0.3, -0.25) is 0 Å². The summed E-state index contributed by atoms with van der Waals surface area (Å²) in [6, 6.07) is 5.44. The van der Waals surface area contributed by atoms with Gasteiger partial charge in [-0.25, -0.2) is 4.39 Å². The second-order valence-electron chi connectivity index (χ2n) is 3.88. The van der Waals surface area contributed by atoms with Crippen LogP contribution in [0.4, 0.5) is 4.39 Å². The van der Waals surface area contributed by atoms with Crippen molar-refractivity contribution in [1.29, 1.82) is 0 Å². The van der Waals surface area contributed by atoms with Crippen LogP contribution in [0.25, 0.3) is 0 Å². The van der Waals surface area contributed by atoms with Crippen LogP contribution in [-0.4, -0.2) is 6.54 Å². The van der Waals surface area contributed by atoms with Gasteiger partial charge in [-0.05, 0) is 53.0 Å². The van der Waals surface area contributed by atoms with Crippen LogP contribution >= 0.6 is 15.9 Å². The molecule has 0 bridgehead atoms. The van der Waals surface area contributed by atoms with Crippen LogP contribution in [0.3, 0.4) is 0 Å². The molecule has 1 N–H and O–H groups in total. The quantitative estimate of drug-likeness (QED) is 0.617. The number of rotatable bonds is 6. The van der Waals surface area contributed by atoms with Gasteiger partial charge in [0.1, 0.15) is 5.82 Å². The first kappa shape index (κ1) is 14.2. The molecular formula is C14H17BrFN. The molecule has 0 aliphatic rings. The van der Waals surface area contributed by atoms with E-state index in [1.54, 1.807) is 12.1 Å². The number of benzene rings is 1. The fourth-order valence-corrected chi connectivity index (χ4v) is 2.02. The van der Waals surface area contributed by atoms with Gasteiger partial charge in [0.25, 0.3) is 0 Å². The zero-order chi connectivity index (χ0) is 12.7. The highest BCUT2D eigenvalue weighted by Gasteiger charge is 2.11. The average Bonchev–Trinajstić information content (AvgIpc) is 2.32. The summed E-state index contributed by atoms with van der Waals surface area (Å²) in [6.07, 6.45) is 7.88. The van der Waals surface area contributed by atoms with Crippen molar-refractivity contribution in [3.8, 4) is 12.3 Å². The standard InChI is InChI=1S/C14H17BrFN/c1-3-5-6-7-14(17-4-2)11-8-9-12(15)13(16)10-11/h1,8-10,14,17H,4-7H2,2H3. The molecule has 0 radical (unpaired) electrons. The second-order valence-corrected chi connectivity index (χ2v) is 4.73. The van der Waals surface area contributed by atoms with Crippen LogP contribution in [0.5, 0.6) is 0 Å². The minimum absolute atomic E-state index is 0.177. The highest BCUT2D eigenvalue weighted by atomic mass is 79.9. The monoisotopic (exact) mass is 297 g/mol. The van der Waals surface area contributed by atoms with Gasteiger partial charge in [0.05, 0.1) is 4.47 Å². The first-order chi connectivity index (χ1) is 8.19. The Morgan fingerprint density at radius 1 is 1.53 bits per heavy atom. The topological polar surface area (TPSA) is 12.0 Å². The van der Waals surface area contributed by atoms with Crippen molar-refractivity contribution in [3.63, 3.8) is 0 Å². The van der Waals surface area contributed by atoms with E-state index in [2.05, 4.69) is 27.2 Å². The van der Waals surface area contributed by atoms with E-state index in [0.29, 0.717) is 4.47 Å². The lowest BCUT2D eigenvalue weighted by atomic mass is 10.0. The summed E-state index contributed by atoms with van der Waals surface area (Å²) in [7, 11) is 0. The molecule has 0 saturated heterocycles. The fourth-order valence-electron chi connectivity index (χ4n) is 1.77. The molecule has 0 aromatic heterocycles. The maximum atomic E-state index is 13.5. The molecule has 0 spiro atoms. The molecule has 1 atom stereocenters. The number of hydrogen-bond acceptors (Lipinski definition) is 1. The Balaban J connectivity index is 2.74.